The molecule has 0 bridgehead atoms. The Balaban J connectivity index is 2.36. The van der Waals surface area contributed by atoms with Crippen LogP contribution >= 0.6 is 0 Å². The molecule has 0 spiro atoms. The van der Waals surface area contributed by atoms with Gasteiger partial charge in [-0.2, -0.15) is 0 Å². The van der Waals surface area contributed by atoms with Crippen LogP contribution in [-0.4, -0.2) is 7.11 Å². The van der Waals surface area contributed by atoms with Crippen LogP contribution in [0, 0.1) is 12.7 Å². The summed E-state index contributed by atoms with van der Waals surface area (Å²) in [5.41, 5.74) is 7.28. The van der Waals surface area contributed by atoms with Gasteiger partial charge in [-0.25, -0.2) is 4.39 Å². The van der Waals surface area contributed by atoms with Crippen LogP contribution in [0.3, 0.4) is 0 Å². The SMILES string of the molecule is COc1cc(C)ccc1Oc1ccc(F)cc1CN. The zero-order valence-electron chi connectivity index (χ0n) is 10.9. The van der Waals surface area contributed by atoms with Crippen molar-refractivity contribution in [2.45, 2.75) is 13.5 Å². The molecule has 0 aliphatic carbocycles. The number of rotatable bonds is 4. The molecule has 0 aliphatic heterocycles. The molecule has 0 radical (unpaired) electrons. The molecule has 100 valence electrons. The van der Waals surface area contributed by atoms with Crippen molar-refractivity contribution in [1.29, 1.82) is 0 Å². The van der Waals surface area contributed by atoms with Gasteiger partial charge < -0.3 is 15.2 Å². The quantitative estimate of drug-likeness (QED) is 0.917. The molecular formula is C15H16FNO2. The average Bonchev–Trinajstić information content (AvgIpc) is 2.42. The lowest BCUT2D eigenvalue weighted by Gasteiger charge is -2.13. The molecule has 3 nitrogen and oxygen atoms in total. The number of nitrogens with two attached hydrogens (primary N) is 1. The highest BCUT2D eigenvalue weighted by atomic mass is 19.1. The summed E-state index contributed by atoms with van der Waals surface area (Å²) in [7, 11) is 1.58. The molecule has 0 atom stereocenters. The van der Waals surface area contributed by atoms with E-state index in [2.05, 4.69) is 0 Å². The molecular weight excluding hydrogens is 245 g/mol. The molecule has 0 amide bonds. The molecule has 0 saturated carbocycles. The van der Waals surface area contributed by atoms with Gasteiger partial charge in [-0.3, -0.25) is 0 Å². The number of hydrogen-bond acceptors (Lipinski definition) is 3. The predicted octanol–water partition coefficient (Wildman–Crippen LogP) is 3.39. The molecule has 0 heterocycles. The first-order chi connectivity index (χ1) is 9.13. The fraction of sp³-hybridized carbons (Fsp3) is 0.200. The van der Waals surface area contributed by atoms with Gasteiger partial charge in [0.2, 0.25) is 0 Å². The van der Waals surface area contributed by atoms with E-state index in [1.807, 2.05) is 25.1 Å². The maximum absolute atomic E-state index is 13.1. The minimum Gasteiger partial charge on any atom is -0.493 e. The number of halogens is 1. The van der Waals surface area contributed by atoms with E-state index in [0.717, 1.165) is 5.56 Å². The second-order valence-electron chi connectivity index (χ2n) is 4.21. The molecule has 2 aromatic rings. The Hall–Kier alpha value is -2.07. The maximum Gasteiger partial charge on any atom is 0.169 e. The van der Waals surface area contributed by atoms with E-state index < -0.39 is 0 Å². The molecule has 0 aromatic heterocycles. The number of methoxy groups -OCH3 is 1. The lowest BCUT2D eigenvalue weighted by Crippen LogP contribution is -2.01. The number of ether oxygens (including phenoxy) is 2. The largest absolute Gasteiger partial charge is 0.493 e. The second-order valence-corrected chi connectivity index (χ2v) is 4.21. The number of hydrogen-bond donors (Lipinski definition) is 1. The maximum atomic E-state index is 13.1. The van der Waals surface area contributed by atoms with Crippen LogP contribution in [0.1, 0.15) is 11.1 Å². The lowest BCUT2D eigenvalue weighted by atomic mass is 10.2. The van der Waals surface area contributed by atoms with Crippen LogP contribution in [0.4, 0.5) is 4.39 Å². The topological polar surface area (TPSA) is 44.5 Å². The van der Waals surface area contributed by atoms with Gasteiger partial charge in [0.25, 0.3) is 0 Å². The van der Waals surface area contributed by atoms with Crippen LogP contribution in [0.2, 0.25) is 0 Å². The highest BCUT2D eigenvalue weighted by molar-refractivity contribution is 5.46. The Morgan fingerprint density at radius 2 is 1.79 bits per heavy atom. The first-order valence-corrected chi connectivity index (χ1v) is 5.95. The molecule has 19 heavy (non-hydrogen) atoms. The third kappa shape index (κ3) is 3.03. The molecule has 4 heteroatoms. The van der Waals surface area contributed by atoms with Crippen molar-refractivity contribution < 1.29 is 13.9 Å². The van der Waals surface area contributed by atoms with E-state index in [1.165, 1.54) is 12.1 Å². The summed E-state index contributed by atoms with van der Waals surface area (Å²) < 4.78 is 24.2. The van der Waals surface area contributed by atoms with Crippen molar-refractivity contribution in [3.63, 3.8) is 0 Å². The molecule has 0 unspecified atom stereocenters. The zero-order valence-corrected chi connectivity index (χ0v) is 10.9. The normalized spacial score (nSPS) is 10.3. The first-order valence-electron chi connectivity index (χ1n) is 5.95. The van der Waals surface area contributed by atoms with Crippen molar-refractivity contribution in [2.75, 3.05) is 7.11 Å². The van der Waals surface area contributed by atoms with Crippen molar-refractivity contribution in [3.8, 4) is 17.2 Å². The Labute approximate surface area is 111 Å². The summed E-state index contributed by atoms with van der Waals surface area (Å²) in [5.74, 6) is 1.41. The Kier molecular flexibility index (Phi) is 4.02. The second kappa shape index (κ2) is 5.71. The van der Waals surface area contributed by atoms with Gasteiger partial charge in [-0.15, -0.1) is 0 Å². The van der Waals surface area contributed by atoms with Crippen molar-refractivity contribution in [3.05, 3.63) is 53.3 Å². The van der Waals surface area contributed by atoms with E-state index in [0.29, 0.717) is 22.8 Å². The highest BCUT2D eigenvalue weighted by Gasteiger charge is 2.09. The zero-order chi connectivity index (χ0) is 13.8. The first kappa shape index (κ1) is 13.4. The van der Waals surface area contributed by atoms with Crippen LogP contribution < -0.4 is 15.2 Å². The summed E-state index contributed by atoms with van der Waals surface area (Å²) in [6, 6.07) is 9.89. The Bertz CT molecular complexity index is 533. The van der Waals surface area contributed by atoms with E-state index in [1.54, 1.807) is 13.2 Å². The predicted molar refractivity (Wildman–Crippen MR) is 72.1 cm³/mol. The van der Waals surface area contributed by atoms with Crippen LogP contribution in [0.5, 0.6) is 17.2 Å². The molecule has 0 aliphatic rings. The molecule has 2 rings (SSSR count). The van der Waals surface area contributed by atoms with E-state index in [4.69, 9.17) is 15.2 Å². The lowest BCUT2D eigenvalue weighted by molar-refractivity contribution is 0.377. The summed E-state index contributed by atoms with van der Waals surface area (Å²) in [6.45, 7) is 2.18. The standard InChI is InChI=1S/C15H16FNO2/c1-10-3-5-14(15(7-10)18-2)19-13-6-4-12(16)8-11(13)9-17/h3-8H,9,17H2,1-2H3. The van der Waals surface area contributed by atoms with Crippen LogP contribution in [0.25, 0.3) is 0 Å². The van der Waals surface area contributed by atoms with Gasteiger partial charge in [-0.05, 0) is 42.8 Å². The summed E-state index contributed by atoms with van der Waals surface area (Å²) in [6.07, 6.45) is 0. The van der Waals surface area contributed by atoms with Gasteiger partial charge in [0.1, 0.15) is 11.6 Å². The van der Waals surface area contributed by atoms with Crippen LogP contribution in [-0.2, 0) is 6.54 Å². The fourth-order valence-electron chi connectivity index (χ4n) is 1.78. The third-order valence-corrected chi connectivity index (χ3v) is 2.78. The van der Waals surface area contributed by atoms with Gasteiger partial charge in [-0.1, -0.05) is 6.07 Å². The smallest absolute Gasteiger partial charge is 0.169 e. The monoisotopic (exact) mass is 261 g/mol. The molecule has 2 N–H and O–H groups in total. The van der Waals surface area contributed by atoms with Gasteiger partial charge in [0.15, 0.2) is 11.5 Å². The third-order valence-electron chi connectivity index (χ3n) is 2.78. The van der Waals surface area contributed by atoms with E-state index >= 15 is 0 Å². The Morgan fingerprint density at radius 3 is 2.47 bits per heavy atom. The van der Waals surface area contributed by atoms with Gasteiger partial charge in [0.05, 0.1) is 7.11 Å². The fourth-order valence-corrected chi connectivity index (χ4v) is 1.78. The Morgan fingerprint density at radius 1 is 1.05 bits per heavy atom. The number of aryl methyl sites for hydroxylation is 1. The molecule has 2 aromatic carbocycles. The summed E-state index contributed by atoms with van der Waals surface area (Å²) >= 11 is 0. The highest BCUT2D eigenvalue weighted by Crippen LogP contribution is 2.33. The molecule has 0 saturated heterocycles. The van der Waals surface area contributed by atoms with Gasteiger partial charge in [0, 0.05) is 12.1 Å². The van der Waals surface area contributed by atoms with Crippen molar-refractivity contribution >= 4 is 0 Å². The van der Waals surface area contributed by atoms with E-state index in [-0.39, 0.29) is 12.4 Å². The van der Waals surface area contributed by atoms with Gasteiger partial charge >= 0.3 is 0 Å². The summed E-state index contributed by atoms with van der Waals surface area (Å²) in [4.78, 5) is 0. The minimum absolute atomic E-state index is 0.210. The van der Waals surface area contributed by atoms with Crippen LogP contribution in [0.15, 0.2) is 36.4 Å². The van der Waals surface area contributed by atoms with Crippen molar-refractivity contribution in [1.82, 2.24) is 0 Å². The summed E-state index contributed by atoms with van der Waals surface area (Å²) in [5, 5.41) is 0. The van der Waals surface area contributed by atoms with Crippen molar-refractivity contribution in [2.24, 2.45) is 5.73 Å². The minimum atomic E-state index is -0.330. The van der Waals surface area contributed by atoms with E-state index in [9.17, 15) is 4.39 Å². The molecule has 0 fully saturated rings. The number of benzene rings is 2. The average molecular weight is 261 g/mol.